The molecule has 2 N–H and O–H groups in total. The number of pyridine rings is 1. The lowest BCUT2D eigenvalue weighted by Gasteiger charge is -2.32. The average Bonchev–Trinajstić information content (AvgIpc) is 2.84. The molecule has 6 nitrogen and oxygen atoms in total. The highest BCUT2D eigenvalue weighted by atomic mass is 19.1. The van der Waals surface area contributed by atoms with E-state index in [2.05, 4.69) is 4.98 Å². The van der Waals surface area contributed by atoms with Gasteiger partial charge in [0.05, 0.1) is 18.3 Å². The van der Waals surface area contributed by atoms with Crippen LogP contribution in [0.1, 0.15) is 46.3 Å². The molecule has 1 aromatic heterocycles. The second-order valence-corrected chi connectivity index (χ2v) is 7.89. The molecule has 28 heavy (non-hydrogen) atoms. The standard InChI is InChI=1S/C20H26BFN2O4/c1-12(15-10-14(22)7-8-16(15)25-6)26-17-9-13(11-24-18(17)23)21-27-19(2,3)20(4,5)28-21/h7-12H,1-6H3,(H2,23,24). The first-order valence-corrected chi connectivity index (χ1v) is 9.15. The smallest absolute Gasteiger partial charge is 0.496 e. The van der Waals surface area contributed by atoms with Crippen molar-refractivity contribution in [1.82, 2.24) is 4.98 Å². The van der Waals surface area contributed by atoms with Crippen LogP contribution in [-0.2, 0) is 9.31 Å². The minimum absolute atomic E-state index is 0.225. The van der Waals surface area contributed by atoms with Crippen molar-refractivity contribution in [2.24, 2.45) is 0 Å². The minimum Gasteiger partial charge on any atom is -0.496 e. The van der Waals surface area contributed by atoms with Crippen molar-refractivity contribution in [1.29, 1.82) is 0 Å². The van der Waals surface area contributed by atoms with Gasteiger partial charge in [-0.1, -0.05) is 0 Å². The van der Waals surface area contributed by atoms with Gasteiger partial charge in [-0.25, -0.2) is 9.37 Å². The van der Waals surface area contributed by atoms with Gasteiger partial charge in [0.25, 0.3) is 0 Å². The molecule has 0 amide bonds. The van der Waals surface area contributed by atoms with Crippen molar-refractivity contribution < 1.29 is 23.2 Å². The Balaban J connectivity index is 1.86. The molecule has 0 spiro atoms. The molecule has 0 saturated carbocycles. The van der Waals surface area contributed by atoms with Crippen molar-refractivity contribution in [3.63, 3.8) is 0 Å². The molecule has 2 aromatic rings. The van der Waals surface area contributed by atoms with Gasteiger partial charge in [0, 0.05) is 17.2 Å². The summed E-state index contributed by atoms with van der Waals surface area (Å²) in [5, 5.41) is 0. The van der Waals surface area contributed by atoms with Crippen LogP contribution in [-0.4, -0.2) is 30.4 Å². The van der Waals surface area contributed by atoms with E-state index < -0.39 is 24.4 Å². The van der Waals surface area contributed by atoms with E-state index in [1.54, 1.807) is 25.3 Å². The molecule has 1 aromatic carbocycles. The molecule has 0 radical (unpaired) electrons. The predicted molar refractivity (Wildman–Crippen MR) is 106 cm³/mol. The highest BCUT2D eigenvalue weighted by Crippen LogP contribution is 2.37. The first-order valence-electron chi connectivity index (χ1n) is 9.15. The van der Waals surface area contributed by atoms with E-state index in [0.717, 1.165) is 0 Å². The van der Waals surface area contributed by atoms with E-state index >= 15 is 0 Å². The molecule has 1 unspecified atom stereocenters. The maximum Gasteiger partial charge on any atom is 0.496 e. The number of hydrogen-bond donors (Lipinski definition) is 1. The monoisotopic (exact) mass is 388 g/mol. The van der Waals surface area contributed by atoms with Crippen LogP contribution < -0.4 is 20.7 Å². The van der Waals surface area contributed by atoms with Gasteiger partial charge < -0.3 is 24.5 Å². The molecule has 1 saturated heterocycles. The third-order valence-corrected chi connectivity index (χ3v) is 5.36. The molecule has 1 aliphatic rings. The first kappa shape index (κ1) is 20.4. The van der Waals surface area contributed by atoms with Gasteiger partial charge >= 0.3 is 7.12 Å². The number of nitrogens with two attached hydrogens (primary N) is 1. The van der Waals surface area contributed by atoms with Crippen molar-refractivity contribution in [2.75, 3.05) is 12.8 Å². The second kappa shape index (κ2) is 7.26. The van der Waals surface area contributed by atoms with Crippen molar-refractivity contribution in [3.05, 3.63) is 41.8 Å². The summed E-state index contributed by atoms with van der Waals surface area (Å²) in [6.07, 6.45) is 1.10. The molecule has 8 heteroatoms. The Morgan fingerprint density at radius 2 is 1.75 bits per heavy atom. The number of aromatic nitrogens is 1. The number of halogens is 1. The van der Waals surface area contributed by atoms with Gasteiger partial charge in [0.15, 0.2) is 11.6 Å². The summed E-state index contributed by atoms with van der Waals surface area (Å²) in [5.74, 6) is 0.749. The summed E-state index contributed by atoms with van der Waals surface area (Å²) < 4.78 is 37.1. The van der Waals surface area contributed by atoms with Crippen molar-refractivity contribution >= 4 is 18.4 Å². The third-order valence-electron chi connectivity index (χ3n) is 5.36. The molecule has 0 bridgehead atoms. The lowest BCUT2D eigenvalue weighted by molar-refractivity contribution is 0.00578. The molecule has 1 aliphatic heterocycles. The van der Waals surface area contributed by atoms with E-state index in [1.165, 1.54) is 19.2 Å². The zero-order valence-electron chi connectivity index (χ0n) is 17.1. The Labute approximate surface area is 165 Å². The normalized spacial score (nSPS) is 18.8. The number of rotatable bonds is 5. The molecular weight excluding hydrogens is 362 g/mol. The first-order chi connectivity index (χ1) is 13.0. The Morgan fingerprint density at radius 3 is 2.36 bits per heavy atom. The Bertz CT molecular complexity index is 859. The van der Waals surface area contributed by atoms with Gasteiger partial charge in [0.2, 0.25) is 0 Å². The van der Waals surface area contributed by atoms with Crippen LogP contribution in [0.4, 0.5) is 10.2 Å². The van der Waals surface area contributed by atoms with Crippen LogP contribution in [0, 0.1) is 5.82 Å². The zero-order valence-corrected chi connectivity index (χ0v) is 17.1. The molecule has 1 fully saturated rings. The molecular formula is C20H26BFN2O4. The maximum absolute atomic E-state index is 13.7. The highest BCUT2D eigenvalue weighted by molar-refractivity contribution is 6.62. The summed E-state index contributed by atoms with van der Waals surface area (Å²) in [6.45, 7) is 9.71. The molecule has 0 aliphatic carbocycles. The van der Waals surface area contributed by atoms with Gasteiger partial charge in [-0.2, -0.15) is 0 Å². The number of nitrogen functional groups attached to an aromatic ring is 1. The molecule has 150 valence electrons. The number of anilines is 1. The van der Waals surface area contributed by atoms with E-state index in [0.29, 0.717) is 22.5 Å². The van der Waals surface area contributed by atoms with Gasteiger partial charge in [-0.15, -0.1) is 0 Å². The fourth-order valence-electron chi connectivity index (χ4n) is 2.95. The maximum atomic E-state index is 13.7. The topological polar surface area (TPSA) is 75.8 Å². The molecule has 3 rings (SSSR count). The van der Waals surface area contributed by atoms with Crippen LogP contribution in [0.3, 0.4) is 0 Å². The highest BCUT2D eigenvalue weighted by Gasteiger charge is 2.52. The number of hydrogen-bond acceptors (Lipinski definition) is 6. The van der Waals surface area contributed by atoms with Crippen LogP contribution in [0.2, 0.25) is 0 Å². The number of ether oxygens (including phenoxy) is 2. The second-order valence-electron chi connectivity index (χ2n) is 7.89. The molecule has 2 heterocycles. The minimum atomic E-state index is -0.584. The SMILES string of the molecule is COc1ccc(F)cc1C(C)Oc1cc(B2OC(C)(C)C(C)(C)O2)cnc1N. The fourth-order valence-corrected chi connectivity index (χ4v) is 2.95. The van der Waals surface area contributed by atoms with E-state index in [9.17, 15) is 4.39 Å². The van der Waals surface area contributed by atoms with Crippen LogP contribution >= 0.6 is 0 Å². The number of benzene rings is 1. The van der Waals surface area contributed by atoms with Gasteiger partial charge in [-0.3, -0.25) is 0 Å². The van der Waals surface area contributed by atoms with E-state index in [4.69, 9.17) is 24.5 Å². The zero-order chi connectivity index (χ0) is 20.7. The predicted octanol–water partition coefficient (Wildman–Crippen LogP) is 3.25. The third kappa shape index (κ3) is 3.79. The Hall–Kier alpha value is -2.32. The lowest BCUT2D eigenvalue weighted by Crippen LogP contribution is -2.41. The summed E-state index contributed by atoms with van der Waals surface area (Å²) >= 11 is 0. The van der Waals surface area contributed by atoms with Gasteiger partial charge in [-0.05, 0) is 58.9 Å². The summed E-state index contributed by atoms with van der Waals surface area (Å²) in [5.41, 5.74) is 6.33. The average molecular weight is 388 g/mol. The Kier molecular flexibility index (Phi) is 5.29. The summed E-state index contributed by atoms with van der Waals surface area (Å²) in [4.78, 5) is 4.21. The summed E-state index contributed by atoms with van der Waals surface area (Å²) in [6, 6.07) is 6.02. The fraction of sp³-hybridized carbons (Fsp3) is 0.450. The Morgan fingerprint density at radius 1 is 1.11 bits per heavy atom. The van der Waals surface area contributed by atoms with Crippen LogP contribution in [0.25, 0.3) is 0 Å². The number of nitrogens with zero attached hydrogens (tertiary/aromatic N) is 1. The largest absolute Gasteiger partial charge is 0.496 e. The van der Waals surface area contributed by atoms with Crippen LogP contribution in [0.15, 0.2) is 30.5 Å². The van der Waals surface area contributed by atoms with Gasteiger partial charge in [0.1, 0.15) is 17.7 Å². The van der Waals surface area contributed by atoms with E-state index in [1.807, 2.05) is 27.7 Å². The van der Waals surface area contributed by atoms with E-state index in [-0.39, 0.29) is 11.6 Å². The van der Waals surface area contributed by atoms with Crippen molar-refractivity contribution in [2.45, 2.75) is 51.9 Å². The lowest BCUT2D eigenvalue weighted by atomic mass is 9.80. The summed E-state index contributed by atoms with van der Waals surface area (Å²) in [7, 11) is 0.942. The molecule has 1 atom stereocenters. The quantitative estimate of drug-likeness (QED) is 0.793. The van der Waals surface area contributed by atoms with Crippen LogP contribution in [0.5, 0.6) is 11.5 Å². The number of methoxy groups -OCH3 is 1. The van der Waals surface area contributed by atoms with Crippen molar-refractivity contribution in [3.8, 4) is 11.5 Å².